The molecule has 2 fully saturated rings. The average molecular weight is 633 g/mol. The fourth-order valence-electron chi connectivity index (χ4n) is 5.18. The first-order valence-corrected chi connectivity index (χ1v) is 16.1. The molecule has 0 aliphatic carbocycles. The van der Waals surface area contributed by atoms with Crippen molar-refractivity contribution >= 4 is 22.8 Å². The van der Waals surface area contributed by atoms with Gasteiger partial charge in [-0.3, -0.25) is 29.3 Å². The van der Waals surface area contributed by atoms with Crippen LogP contribution < -0.4 is 0 Å². The lowest BCUT2D eigenvalue weighted by Crippen LogP contribution is -2.39. The fraction of sp³-hybridized carbons (Fsp3) is 0.694. The molecule has 8 heteroatoms. The van der Waals surface area contributed by atoms with Gasteiger partial charge in [-0.1, -0.05) is 61.1 Å². The van der Waals surface area contributed by atoms with Crippen LogP contribution in [0.2, 0.25) is 0 Å². The summed E-state index contributed by atoms with van der Waals surface area (Å²) in [6.45, 7) is 20.5. The maximum Gasteiger partial charge on any atom is 0.235 e. The van der Waals surface area contributed by atoms with Crippen molar-refractivity contribution in [1.29, 1.82) is 0 Å². The van der Waals surface area contributed by atoms with E-state index >= 15 is 0 Å². The number of carbonyl (C=O) groups is 2. The molecule has 1 amide bonds. The highest BCUT2D eigenvalue weighted by Crippen LogP contribution is 2.33. The summed E-state index contributed by atoms with van der Waals surface area (Å²) >= 11 is 5.11. The Morgan fingerprint density at radius 2 is 1.48 bits per heavy atom. The largest absolute Gasteiger partial charge is 0.375 e. The minimum Gasteiger partial charge on any atom is -0.375 e. The van der Waals surface area contributed by atoms with Crippen molar-refractivity contribution in [3.05, 3.63) is 54.1 Å². The van der Waals surface area contributed by atoms with E-state index in [1.165, 1.54) is 36.9 Å². The molecule has 44 heavy (non-hydrogen) atoms. The standard InChI is InChI=1S/C20H34N2O2.C10H14N2.C5H9ClO.CH4/c1-19(2,3)18(23)22-12-10-15(14-24-20(4,5)6)16(13-22)17-9-8-11-21(17)7;1-12-7-3-5-10(12)9-4-2-6-11-8-9;1-5(2,3)4(6)7;/h10,12-13,15,17H,8-9,11,14H2,1-7H3;2,4,6,8,10H,3,5,7H2,1H3;1-3H3;1H4/t15?,17-;10-;;/m00../s1. The van der Waals surface area contributed by atoms with Gasteiger partial charge in [-0.25, -0.2) is 0 Å². The van der Waals surface area contributed by atoms with E-state index in [1.54, 1.807) is 25.7 Å². The molecule has 3 aliphatic heterocycles. The van der Waals surface area contributed by atoms with Crippen molar-refractivity contribution in [2.45, 2.75) is 113 Å². The summed E-state index contributed by atoms with van der Waals surface area (Å²) in [5, 5.41) is -0.285. The molecule has 1 aromatic rings. The van der Waals surface area contributed by atoms with Crippen molar-refractivity contribution < 1.29 is 14.3 Å². The summed E-state index contributed by atoms with van der Waals surface area (Å²) in [6, 6.07) is 5.19. The molecule has 1 unspecified atom stereocenters. The molecule has 0 N–H and O–H groups in total. The van der Waals surface area contributed by atoms with Gasteiger partial charge in [0, 0.05) is 53.6 Å². The van der Waals surface area contributed by atoms with Crippen LogP contribution >= 0.6 is 11.6 Å². The monoisotopic (exact) mass is 632 g/mol. The number of halogens is 1. The Balaban J connectivity index is 0.000000400. The summed E-state index contributed by atoms with van der Waals surface area (Å²) in [5.74, 6) is 0.367. The molecule has 1 aromatic heterocycles. The van der Waals surface area contributed by atoms with Crippen molar-refractivity contribution in [3.63, 3.8) is 0 Å². The van der Waals surface area contributed by atoms with E-state index in [9.17, 15) is 9.59 Å². The van der Waals surface area contributed by atoms with Crippen LogP contribution in [0.1, 0.15) is 107 Å². The Bertz CT molecular complexity index is 1100. The second kappa shape index (κ2) is 17.0. The molecular formula is C36H61ClN4O3. The predicted octanol–water partition coefficient (Wildman–Crippen LogP) is 8.08. The third-order valence-electron chi connectivity index (χ3n) is 7.85. The number of ether oxygens (including phenoxy) is 1. The lowest BCUT2D eigenvalue weighted by Gasteiger charge is -2.35. The average Bonchev–Trinajstić information content (AvgIpc) is 3.54. The molecule has 4 rings (SSSR count). The normalized spacial score (nSPS) is 22.7. The third kappa shape index (κ3) is 12.7. The molecular weight excluding hydrogens is 572 g/mol. The smallest absolute Gasteiger partial charge is 0.235 e. The van der Waals surface area contributed by atoms with E-state index in [-0.39, 0.29) is 40.9 Å². The molecule has 3 aliphatic rings. The summed E-state index contributed by atoms with van der Waals surface area (Å²) in [5.41, 5.74) is 1.75. The van der Waals surface area contributed by atoms with Crippen molar-refractivity contribution in [1.82, 2.24) is 19.7 Å². The van der Waals surface area contributed by atoms with Gasteiger partial charge < -0.3 is 4.74 Å². The zero-order valence-electron chi connectivity index (χ0n) is 28.6. The van der Waals surface area contributed by atoms with Gasteiger partial charge >= 0.3 is 0 Å². The highest BCUT2D eigenvalue weighted by atomic mass is 35.5. The number of hydrogen-bond donors (Lipinski definition) is 0. The van der Waals surface area contributed by atoms with E-state index in [0.29, 0.717) is 18.7 Å². The van der Waals surface area contributed by atoms with E-state index in [1.807, 2.05) is 45.4 Å². The van der Waals surface area contributed by atoms with Gasteiger partial charge in [0.15, 0.2) is 0 Å². The van der Waals surface area contributed by atoms with Crippen LogP contribution in [0, 0.1) is 16.7 Å². The lowest BCUT2D eigenvalue weighted by molar-refractivity contribution is -0.134. The van der Waals surface area contributed by atoms with Crippen molar-refractivity contribution in [2.75, 3.05) is 33.8 Å². The Labute approximate surface area is 274 Å². The van der Waals surface area contributed by atoms with Gasteiger partial charge in [-0.05, 0) is 102 Å². The van der Waals surface area contributed by atoms with Crippen LogP contribution in [0.15, 0.2) is 48.6 Å². The second-order valence-corrected chi connectivity index (χ2v) is 15.4. The minimum atomic E-state index is -0.387. The summed E-state index contributed by atoms with van der Waals surface area (Å²) in [7, 11) is 4.36. The van der Waals surface area contributed by atoms with Crippen LogP contribution in [-0.2, 0) is 14.3 Å². The number of carbonyl (C=O) groups excluding carboxylic acids is 2. The summed E-state index contributed by atoms with van der Waals surface area (Å²) in [4.78, 5) is 33.6. The number of rotatable bonds is 4. The van der Waals surface area contributed by atoms with E-state index in [4.69, 9.17) is 16.3 Å². The first-order valence-electron chi connectivity index (χ1n) is 15.7. The maximum atomic E-state index is 12.7. The van der Waals surface area contributed by atoms with Crippen LogP contribution in [0.5, 0.6) is 0 Å². The molecule has 3 atom stereocenters. The van der Waals surface area contributed by atoms with Gasteiger partial charge in [0.1, 0.15) is 0 Å². The molecule has 0 bridgehead atoms. The maximum absolute atomic E-state index is 12.7. The summed E-state index contributed by atoms with van der Waals surface area (Å²) in [6.07, 6.45) is 14.9. The van der Waals surface area contributed by atoms with Crippen LogP contribution in [0.3, 0.4) is 0 Å². The molecule has 0 spiro atoms. The van der Waals surface area contributed by atoms with E-state index < -0.39 is 0 Å². The number of pyridine rings is 1. The molecule has 250 valence electrons. The Morgan fingerprint density at radius 3 is 1.89 bits per heavy atom. The zero-order chi connectivity index (χ0) is 32.6. The summed E-state index contributed by atoms with van der Waals surface area (Å²) < 4.78 is 6.04. The highest BCUT2D eigenvalue weighted by Gasteiger charge is 2.34. The number of nitrogens with zero attached hydrogens (tertiary/aromatic N) is 4. The number of likely N-dealkylation sites (N-methyl/N-ethyl adjacent to an activating group) is 1. The number of aromatic nitrogens is 1. The second-order valence-electron chi connectivity index (χ2n) is 15.1. The zero-order valence-corrected chi connectivity index (χ0v) is 29.4. The number of amides is 1. The van der Waals surface area contributed by atoms with E-state index in [2.05, 4.69) is 68.0 Å². The molecule has 0 radical (unpaired) electrons. The Kier molecular flexibility index (Phi) is 15.5. The van der Waals surface area contributed by atoms with Gasteiger partial charge in [0.25, 0.3) is 0 Å². The van der Waals surface area contributed by atoms with Crippen molar-refractivity contribution in [2.24, 2.45) is 16.7 Å². The molecule has 0 aromatic carbocycles. The first kappa shape index (κ1) is 40.0. The first-order chi connectivity index (χ1) is 19.8. The lowest BCUT2D eigenvalue weighted by atomic mass is 9.89. The van der Waals surface area contributed by atoms with Crippen LogP contribution in [-0.4, -0.2) is 76.3 Å². The van der Waals surface area contributed by atoms with Crippen LogP contribution in [0.25, 0.3) is 0 Å². The van der Waals surface area contributed by atoms with Gasteiger partial charge in [0.05, 0.1) is 12.2 Å². The van der Waals surface area contributed by atoms with Gasteiger partial charge in [-0.15, -0.1) is 0 Å². The van der Waals surface area contributed by atoms with E-state index in [0.717, 1.165) is 13.0 Å². The van der Waals surface area contributed by atoms with Crippen LogP contribution in [0.4, 0.5) is 0 Å². The predicted molar refractivity (Wildman–Crippen MR) is 184 cm³/mol. The van der Waals surface area contributed by atoms with Crippen molar-refractivity contribution in [3.8, 4) is 0 Å². The quantitative estimate of drug-likeness (QED) is 0.313. The Morgan fingerprint density at radius 1 is 0.932 bits per heavy atom. The number of likely N-dealkylation sites (tertiary alicyclic amines) is 2. The molecule has 4 heterocycles. The highest BCUT2D eigenvalue weighted by molar-refractivity contribution is 6.64. The number of hydrogen-bond acceptors (Lipinski definition) is 6. The third-order valence-corrected chi connectivity index (χ3v) is 8.42. The molecule has 0 saturated carbocycles. The fourth-order valence-corrected chi connectivity index (χ4v) is 5.18. The molecule has 7 nitrogen and oxygen atoms in total. The SMILES string of the molecule is C.CC(C)(C)C(=O)Cl.CN1CCC[C@H]1C1=CN(C(=O)C(C)(C)C)C=CC1COC(C)(C)C.CN1CCC[C@H]1c1cccnc1. The molecule has 2 saturated heterocycles. The Hall–Kier alpha value is -2.06. The topological polar surface area (TPSA) is 66.0 Å². The minimum absolute atomic E-state index is 0. The van der Waals surface area contributed by atoms with Gasteiger partial charge in [0.2, 0.25) is 11.1 Å². The van der Waals surface area contributed by atoms with Gasteiger partial charge in [-0.2, -0.15) is 0 Å².